The van der Waals surface area contributed by atoms with Gasteiger partial charge >= 0.3 is 0 Å². The maximum absolute atomic E-state index is 12.6. The van der Waals surface area contributed by atoms with E-state index in [0.717, 1.165) is 12.2 Å². The van der Waals surface area contributed by atoms with Gasteiger partial charge in [0.15, 0.2) is 5.76 Å². The lowest BCUT2D eigenvalue weighted by molar-refractivity contribution is 0.0697. The first kappa shape index (κ1) is 15.5. The quantitative estimate of drug-likeness (QED) is 0.718. The highest BCUT2D eigenvalue weighted by molar-refractivity contribution is 5.91. The van der Waals surface area contributed by atoms with Crippen molar-refractivity contribution in [2.45, 2.75) is 19.1 Å². The van der Waals surface area contributed by atoms with Crippen molar-refractivity contribution in [2.75, 3.05) is 13.6 Å². The molecule has 6 heteroatoms. The molecular formula is C19H19N3O3. The average Bonchev–Trinajstić information content (AvgIpc) is 3.34. The number of aromatic nitrogens is 2. The lowest BCUT2D eigenvalue weighted by Crippen LogP contribution is -2.36. The first-order valence-electron chi connectivity index (χ1n) is 8.25. The summed E-state index contributed by atoms with van der Waals surface area (Å²) in [7, 11) is 1.77. The van der Waals surface area contributed by atoms with Gasteiger partial charge in [0.1, 0.15) is 17.6 Å². The molecule has 4 rings (SSSR count). The van der Waals surface area contributed by atoms with Crippen LogP contribution >= 0.6 is 0 Å². The molecule has 1 amide bonds. The molecule has 128 valence electrons. The van der Waals surface area contributed by atoms with Crippen LogP contribution in [0.5, 0.6) is 5.75 Å². The molecule has 6 nitrogen and oxygen atoms in total. The number of fused-ring (bicyclic) bond motifs is 1. The third kappa shape index (κ3) is 3.28. The number of ether oxygens (including phenoxy) is 1. The van der Waals surface area contributed by atoms with Gasteiger partial charge in [-0.25, -0.2) is 0 Å². The minimum Gasteiger partial charge on any atom is -0.488 e. The van der Waals surface area contributed by atoms with E-state index in [-0.39, 0.29) is 12.0 Å². The van der Waals surface area contributed by atoms with Crippen LogP contribution in [0, 0.1) is 0 Å². The second-order valence-electron chi connectivity index (χ2n) is 6.21. The Hall–Kier alpha value is -3.02. The van der Waals surface area contributed by atoms with Gasteiger partial charge in [0.2, 0.25) is 0 Å². The van der Waals surface area contributed by atoms with E-state index in [4.69, 9.17) is 9.15 Å². The number of carbonyl (C=O) groups excluding carboxylic acids is 1. The van der Waals surface area contributed by atoms with Crippen LogP contribution in [-0.2, 0) is 13.0 Å². The van der Waals surface area contributed by atoms with E-state index in [1.54, 1.807) is 28.9 Å². The largest absolute Gasteiger partial charge is 0.488 e. The van der Waals surface area contributed by atoms with Crippen molar-refractivity contribution in [1.82, 2.24) is 14.7 Å². The second kappa shape index (κ2) is 6.47. The lowest BCUT2D eigenvalue weighted by Gasteiger charge is -2.20. The summed E-state index contributed by atoms with van der Waals surface area (Å²) in [6, 6.07) is 13.4. The maximum Gasteiger partial charge on any atom is 0.289 e. The van der Waals surface area contributed by atoms with Gasteiger partial charge < -0.3 is 14.1 Å². The summed E-state index contributed by atoms with van der Waals surface area (Å²) >= 11 is 0. The SMILES string of the molecule is CN(C[C@@H]1Cc2ccccc2O1)C(=O)c1ccc(Cn2cccn2)o1. The van der Waals surface area contributed by atoms with Gasteiger partial charge in [-0.1, -0.05) is 18.2 Å². The molecule has 25 heavy (non-hydrogen) atoms. The van der Waals surface area contributed by atoms with Crippen LogP contribution in [-0.4, -0.2) is 40.3 Å². The normalized spacial score (nSPS) is 15.6. The summed E-state index contributed by atoms with van der Waals surface area (Å²) in [4.78, 5) is 14.2. The van der Waals surface area contributed by atoms with Crippen molar-refractivity contribution in [1.29, 1.82) is 0 Å². The Kier molecular flexibility index (Phi) is 4.01. The molecule has 1 aliphatic rings. The zero-order valence-electron chi connectivity index (χ0n) is 14.0. The zero-order chi connectivity index (χ0) is 17.2. The number of likely N-dealkylation sites (N-methyl/N-ethyl adjacent to an activating group) is 1. The number of amides is 1. The summed E-state index contributed by atoms with van der Waals surface area (Å²) in [6.45, 7) is 1.02. The van der Waals surface area contributed by atoms with Crippen molar-refractivity contribution in [3.05, 3.63) is 71.9 Å². The molecule has 0 bridgehead atoms. The third-order valence-corrected chi connectivity index (χ3v) is 4.29. The van der Waals surface area contributed by atoms with E-state index >= 15 is 0 Å². The molecule has 1 atom stereocenters. The van der Waals surface area contributed by atoms with Crippen molar-refractivity contribution >= 4 is 5.91 Å². The summed E-state index contributed by atoms with van der Waals surface area (Å²) in [5, 5.41) is 4.13. The summed E-state index contributed by atoms with van der Waals surface area (Å²) in [5.41, 5.74) is 1.19. The predicted molar refractivity (Wildman–Crippen MR) is 91.6 cm³/mol. The van der Waals surface area contributed by atoms with Crippen LogP contribution in [0.25, 0.3) is 0 Å². The van der Waals surface area contributed by atoms with Crippen molar-refractivity contribution in [2.24, 2.45) is 0 Å². The first-order chi connectivity index (χ1) is 12.2. The molecule has 2 aromatic heterocycles. The van der Waals surface area contributed by atoms with Crippen molar-refractivity contribution in [3.8, 4) is 5.75 Å². The Morgan fingerprint density at radius 1 is 1.28 bits per heavy atom. The summed E-state index contributed by atoms with van der Waals surface area (Å²) in [6.07, 6.45) is 4.36. The molecule has 3 heterocycles. The zero-order valence-corrected chi connectivity index (χ0v) is 14.0. The number of carbonyl (C=O) groups is 1. The molecule has 0 spiro atoms. The Morgan fingerprint density at radius 3 is 2.96 bits per heavy atom. The monoisotopic (exact) mass is 337 g/mol. The topological polar surface area (TPSA) is 60.5 Å². The number of nitrogens with zero attached hydrogens (tertiary/aromatic N) is 3. The molecule has 1 aromatic carbocycles. The second-order valence-corrected chi connectivity index (χ2v) is 6.21. The highest BCUT2D eigenvalue weighted by Crippen LogP contribution is 2.28. The predicted octanol–water partition coefficient (Wildman–Crippen LogP) is 2.60. The van der Waals surface area contributed by atoms with Crippen molar-refractivity contribution < 1.29 is 13.9 Å². The summed E-state index contributed by atoms with van der Waals surface area (Å²) < 4.78 is 13.3. The Bertz CT molecular complexity index is 845. The Morgan fingerprint density at radius 2 is 2.16 bits per heavy atom. The molecular weight excluding hydrogens is 318 g/mol. The van der Waals surface area contributed by atoms with Gasteiger partial charge in [-0.2, -0.15) is 5.10 Å². The highest BCUT2D eigenvalue weighted by atomic mass is 16.5. The van der Waals surface area contributed by atoms with Crippen molar-refractivity contribution in [3.63, 3.8) is 0 Å². The molecule has 0 fully saturated rings. The maximum atomic E-state index is 12.6. The number of hydrogen-bond donors (Lipinski definition) is 0. The molecule has 0 N–H and O–H groups in total. The molecule has 3 aromatic rings. The molecule has 0 saturated carbocycles. The third-order valence-electron chi connectivity index (χ3n) is 4.29. The summed E-state index contributed by atoms with van der Waals surface area (Å²) in [5.74, 6) is 1.80. The van der Waals surface area contributed by atoms with E-state index in [2.05, 4.69) is 11.2 Å². The fraction of sp³-hybridized carbons (Fsp3) is 0.263. The van der Waals surface area contributed by atoms with Crippen LogP contribution < -0.4 is 4.74 Å². The number of furan rings is 1. The molecule has 0 radical (unpaired) electrons. The average molecular weight is 337 g/mol. The molecule has 0 unspecified atom stereocenters. The minimum absolute atomic E-state index is 0.0233. The van der Waals surface area contributed by atoms with E-state index in [0.29, 0.717) is 24.6 Å². The number of para-hydroxylation sites is 1. The van der Waals surface area contributed by atoms with Crippen LogP contribution in [0.15, 0.2) is 59.3 Å². The van der Waals surface area contributed by atoms with Gasteiger partial charge in [-0.3, -0.25) is 9.48 Å². The van der Waals surface area contributed by atoms with Gasteiger partial charge in [0.25, 0.3) is 5.91 Å². The van der Waals surface area contributed by atoms with Gasteiger partial charge in [0, 0.05) is 25.9 Å². The molecule has 0 saturated heterocycles. The molecule has 0 aliphatic carbocycles. The fourth-order valence-corrected chi connectivity index (χ4v) is 3.06. The van der Waals surface area contributed by atoms with Gasteiger partial charge in [-0.05, 0) is 29.8 Å². The van der Waals surface area contributed by atoms with Crippen LogP contribution in [0.4, 0.5) is 0 Å². The smallest absolute Gasteiger partial charge is 0.289 e. The standard InChI is InChI=1S/C19H19N3O3/c1-21(12-16-11-14-5-2-3-6-17(14)25-16)19(23)18-8-7-15(24-18)13-22-10-4-9-20-22/h2-10,16H,11-13H2,1H3/t16-/m0/s1. The van der Waals surface area contributed by atoms with E-state index in [1.165, 1.54) is 5.56 Å². The number of rotatable bonds is 5. The fourth-order valence-electron chi connectivity index (χ4n) is 3.06. The van der Waals surface area contributed by atoms with E-state index in [1.807, 2.05) is 36.5 Å². The van der Waals surface area contributed by atoms with E-state index in [9.17, 15) is 4.79 Å². The van der Waals surface area contributed by atoms with E-state index < -0.39 is 0 Å². The van der Waals surface area contributed by atoms with Crippen LogP contribution in [0.1, 0.15) is 21.9 Å². The lowest BCUT2D eigenvalue weighted by atomic mass is 10.1. The Balaban J connectivity index is 1.37. The molecule has 1 aliphatic heterocycles. The minimum atomic E-state index is -0.147. The van der Waals surface area contributed by atoms with Gasteiger partial charge in [0.05, 0.1) is 13.1 Å². The van der Waals surface area contributed by atoms with Gasteiger partial charge in [-0.15, -0.1) is 0 Å². The first-order valence-corrected chi connectivity index (χ1v) is 8.25. The number of benzene rings is 1. The van der Waals surface area contributed by atoms with Crippen LogP contribution in [0.2, 0.25) is 0 Å². The highest BCUT2D eigenvalue weighted by Gasteiger charge is 2.26. The number of hydrogen-bond acceptors (Lipinski definition) is 4. The Labute approximate surface area is 145 Å². The van der Waals surface area contributed by atoms with Crippen LogP contribution in [0.3, 0.4) is 0 Å².